The Morgan fingerprint density at radius 1 is 1.47 bits per heavy atom. The molecule has 0 spiro atoms. The second-order valence-electron chi connectivity index (χ2n) is 5.19. The van der Waals surface area contributed by atoms with E-state index in [1.54, 1.807) is 0 Å². The zero-order valence-electron chi connectivity index (χ0n) is 11.3. The minimum atomic E-state index is 0.0975. The summed E-state index contributed by atoms with van der Waals surface area (Å²) in [7, 11) is 4.25. The molecule has 1 atom stereocenters. The molecular weight excluding hydrogens is 216 g/mol. The molecule has 1 unspecified atom stereocenters. The maximum absolute atomic E-state index is 8.77. The third kappa shape index (κ3) is 4.16. The van der Waals surface area contributed by atoms with Crippen molar-refractivity contribution >= 4 is 5.84 Å². The van der Waals surface area contributed by atoms with Gasteiger partial charge < -0.3 is 15.8 Å². The van der Waals surface area contributed by atoms with E-state index in [0.717, 1.165) is 32.0 Å². The molecule has 5 nitrogen and oxygen atoms in total. The van der Waals surface area contributed by atoms with Crippen LogP contribution in [0.1, 0.15) is 26.2 Å². The molecule has 1 aliphatic heterocycles. The van der Waals surface area contributed by atoms with Crippen molar-refractivity contribution in [3.8, 4) is 0 Å². The smallest absolute Gasteiger partial charge is 0.156 e. The average molecular weight is 242 g/mol. The SMILES string of the molecule is CCC(C(N)=NO)N1CCC(CN(C)C)CC1. The van der Waals surface area contributed by atoms with Gasteiger partial charge in [0.2, 0.25) is 0 Å². The summed E-state index contributed by atoms with van der Waals surface area (Å²) in [5.41, 5.74) is 5.72. The van der Waals surface area contributed by atoms with Gasteiger partial charge in [0.25, 0.3) is 0 Å². The van der Waals surface area contributed by atoms with Crippen molar-refractivity contribution in [2.24, 2.45) is 16.8 Å². The standard InChI is InChI=1S/C12H26N4O/c1-4-11(12(13)14-17)16-7-5-10(6-8-16)9-15(2)3/h10-11,17H,4-9H2,1-3H3,(H2,13,14). The Hall–Kier alpha value is -0.810. The van der Waals surface area contributed by atoms with Crippen molar-refractivity contribution in [2.75, 3.05) is 33.7 Å². The van der Waals surface area contributed by atoms with Crippen LogP contribution in [0.5, 0.6) is 0 Å². The monoisotopic (exact) mass is 242 g/mol. The molecule has 1 rings (SSSR count). The predicted octanol–water partition coefficient (Wildman–Crippen LogP) is 0.785. The van der Waals surface area contributed by atoms with Gasteiger partial charge in [0, 0.05) is 6.54 Å². The van der Waals surface area contributed by atoms with Gasteiger partial charge in [-0.2, -0.15) is 0 Å². The summed E-state index contributed by atoms with van der Waals surface area (Å²) in [6.07, 6.45) is 3.30. The molecule has 3 N–H and O–H groups in total. The van der Waals surface area contributed by atoms with Crippen LogP contribution in [-0.4, -0.2) is 60.6 Å². The minimum absolute atomic E-state index is 0.0975. The maximum Gasteiger partial charge on any atom is 0.156 e. The van der Waals surface area contributed by atoms with Gasteiger partial charge in [-0.25, -0.2) is 0 Å². The Morgan fingerprint density at radius 2 is 2.06 bits per heavy atom. The fourth-order valence-corrected chi connectivity index (χ4v) is 2.68. The molecule has 0 amide bonds. The van der Waals surface area contributed by atoms with E-state index in [-0.39, 0.29) is 6.04 Å². The highest BCUT2D eigenvalue weighted by molar-refractivity contribution is 5.85. The Morgan fingerprint density at radius 3 is 2.47 bits per heavy atom. The first-order chi connectivity index (χ1) is 8.08. The lowest BCUT2D eigenvalue weighted by Crippen LogP contribution is -2.48. The summed E-state index contributed by atoms with van der Waals surface area (Å²) in [4.78, 5) is 4.59. The number of rotatable bonds is 5. The molecule has 17 heavy (non-hydrogen) atoms. The van der Waals surface area contributed by atoms with Crippen LogP contribution >= 0.6 is 0 Å². The van der Waals surface area contributed by atoms with Crippen LogP contribution in [-0.2, 0) is 0 Å². The van der Waals surface area contributed by atoms with E-state index >= 15 is 0 Å². The Balaban J connectivity index is 2.45. The first-order valence-electron chi connectivity index (χ1n) is 6.44. The van der Waals surface area contributed by atoms with Crippen molar-refractivity contribution in [3.05, 3.63) is 0 Å². The lowest BCUT2D eigenvalue weighted by Gasteiger charge is -2.37. The van der Waals surface area contributed by atoms with Crippen molar-refractivity contribution in [1.29, 1.82) is 0 Å². The Labute approximate surface area is 104 Å². The fraction of sp³-hybridized carbons (Fsp3) is 0.917. The van der Waals surface area contributed by atoms with Gasteiger partial charge >= 0.3 is 0 Å². The summed E-state index contributed by atoms with van der Waals surface area (Å²) in [5, 5.41) is 11.9. The fourth-order valence-electron chi connectivity index (χ4n) is 2.68. The molecule has 100 valence electrons. The van der Waals surface area contributed by atoms with E-state index in [9.17, 15) is 0 Å². The zero-order chi connectivity index (χ0) is 12.8. The molecule has 1 aliphatic rings. The molecule has 0 aromatic rings. The zero-order valence-corrected chi connectivity index (χ0v) is 11.3. The summed E-state index contributed by atoms with van der Waals surface area (Å²) in [5.74, 6) is 1.13. The molecule has 0 aromatic carbocycles. The van der Waals surface area contributed by atoms with Crippen molar-refractivity contribution in [3.63, 3.8) is 0 Å². The first-order valence-corrected chi connectivity index (χ1v) is 6.44. The van der Waals surface area contributed by atoms with Gasteiger partial charge in [0.15, 0.2) is 5.84 Å². The van der Waals surface area contributed by atoms with Crippen LogP contribution in [0.4, 0.5) is 0 Å². The van der Waals surface area contributed by atoms with Gasteiger partial charge in [-0.1, -0.05) is 12.1 Å². The number of piperidine rings is 1. The Bertz CT molecular complexity index is 247. The van der Waals surface area contributed by atoms with E-state index in [1.165, 1.54) is 12.8 Å². The number of hydrogen-bond donors (Lipinski definition) is 2. The van der Waals surface area contributed by atoms with Crippen molar-refractivity contribution < 1.29 is 5.21 Å². The van der Waals surface area contributed by atoms with Gasteiger partial charge in [-0.3, -0.25) is 4.90 Å². The topological polar surface area (TPSA) is 65.1 Å². The van der Waals surface area contributed by atoms with Crippen LogP contribution in [0.15, 0.2) is 5.16 Å². The molecular formula is C12H26N4O. The van der Waals surface area contributed by atoms with Crippen LogP contribution in [0.3, 0.4) is 0 Å². The summed E-state index contributed by atoms with van der Waals surface area (Å²) >= 11 is 0. The molecule has 5 heteroatoms. The lowest BCUT2D eigenvalue weighted by molar-refractivity contribution is 0.141. The highest BCUT2D eigenvalue weighted by atomic mass is 16.4. The molecule has 0 bridgehead atoms. The third-order valence-electron chi connectivity index (χ3n) is 3.56. The van der Waals surface area contributed by atoms with Crippen LogP contribution in [0, 0.1) is 5.92 Å². The summed E-state index contributed by atoms with van der Waals surface area (Å²) in [6.45, 7) is 5.34. The third-order valence-corrected chi connectivity index (χ3v) is 3.56. The van der Waals surface area contributed by atoms with Crippen LogP contribution in [0.2, 0.25) is 0 Å². The van der Waals surface area contributed by atoms with Gasteiger partial charge in [-0.05, 0) is 52.4 Å². The number of likely N-dealkylation sites (tertiary alicyclic amines) is 1. The first kappa shape index (κ1) is 14.3. The normalized spacial score (nSPS) is 22.0. The summed E-state index contributed by atoms with van der Waals surface area (Å²) < 4.78 is 0. The predicted molar refractivity (Wildman–Crippen MR) is 70.3 cm³/mol. The number of hydrogen-bond acceptors (Lipinski definition) is 4. The van der Waals surface area contributed by atoms with Crippen LogP contribution in [0.25, 0.3) is 0 Å². The highest BCUT2D eigenvalue weighted by Crippen LogP contribution is 2.20. The van der Waals surface area contributed by atoms with Gasteiger partial charge in [0.1, 0.15) is 0 Å². The van der Waals surface area contributed by atoms with E-state index < -0.39 is 0 Å². The van der Waals surface area contributed by atoms with Crippen molar-refractivity contribution in [1.82, 2.24) is 9.80 Å². The van der Waals surface area contributed by atoms with Crippen molar-refractivity contribution in [2.45, 2.75) is 32.2 Å². The molecule has 1 saturated heterocycles. The molecule has 0 radical (unpaired) electrons. The van der Waals surface area contributed by atoms with E-state index in [4.69, 9.17) is 10.9 Å². The second-order valence-corrected chi connectivity index (χ2v) is 5.19. The molecule has 1 heterocycles. The van der Waals surface area contributed by atoms with E-state index in [2.05, 4.69) is 36.0 Å². The van der Waals surface area contributed by atoms with Gasteiger partial charge in [0.05, 0.1) is 6.04 Å². The minimum Gasteiger partial charge on any atom is -0.409 e. The largest absolute Gasteiger partial charge is 0.409 e. The molecule has 0 saturated carbocycles. The maximum atomic E-state index is 8.77. The quantitative estimate of drug-likeness (QED) is 0.324. The molecule has 0 aliphatic carbocycles. The number of nitrogens with two attached hydrogens (primary N) is 1. The highest BCUT2D eigenvalue weighted by Gasteiger charge is 2.26. The van der Waals surface area contributed by atoms with Crippen LogP contribution < -0.4 is 5.73 Å². The lowest BCUT2D eigenvalue weighted by atomic mass is 9.94. The Kier molecular flexibility index (Phi) is 5.71. The number of amidine groups is 1. The van der Waals surface area contributed by atoms with Gasteiger partial charge in [-0.15, -0.1) is 0 Å². The number of oxime groups is 1. The van der Waals surface area contributed by atoms with E-state index in [0.29, 0.717) is 5.84 Å². The average Bonchev–Trinajstić information content (AvgIpc) is 2.31. The molecule has 1 fully saturated rings. The molecule has 0 aromatic heterocycles. The van der Waals surface area contributed by atoms with E-state index in [1.807, 2.05) is 0 Å². The second kappa shape index (κ2) is 6.81. The number of nitrogens with zero attached hydrogens (tertiary/aromatic N) is 3. The summed E-state index contributed by atoms with van der Waals surface area (Å²) in [6, 6.07) is 0.0975.